The van der Waals surface area contributed by atoms with Gasteiger partial charge in [0.2, 0.25) is 5.91 Å². The van der Waals surface area contributed by atoms with E-state index in [0.29, 0.717) is 24.4 Å². The highest BCUT2D eigenvalue weighted by atomic mass is 19.4. The van der Waals surface area contributed by atoms with Crippen molar-refractivity contribution in [3.63, 3.8) is 0 Å². The molecule has 1 amide bonds. The van der Waals surface area contributed by atoms with E-state index >= 15 is 0 Å². The maximum Gasteiger partial charge on any atom is 0.418 e. The predicted octanol–water partition coefficient (Wildman–Crippen LogP) is 5.32. The van der Waals surface area contributed by atoms with Crippen LogP contribution in [0.2, 0.25) is 0 Å². The van der Waals surface area contributed by atoms with E-state index in [9.17, 15) is 18.0 Å². The smallest absolute Gasteiger partial charge is 0.384 e. The summed E-state index contributed by atoms with van der Waals surface area (Å²) in [6.07, 6.45) is -0.434. The van der Waals surface area contributed by atoms with Crippen LogP contribution in [-0.4, -0.2) is 39.7 Å². The first kappa shape index (κ1) is 25.9. The fourth-order valence-corrected chi connectivity index (χ4v) is 4.31. The average Bonchev–Trinajstić information content (AvgIpc) is 3.60. The van der Waals surface area contributed by atoms with Crippen LogP contribution in [0.5, 0.6) is 0 Å². The van der Waals surface area contributed by atoms with Gasteiger partial charge in [-0.3, -0.25) is 9.79 Å². The number of amides is 1. The van der Waals surface area contributed by atoms with Gasteiger partial charge in [-0.05, 0) is 61.1 Å². The summed E-state index contributed by atoms with van der Waals surface area (Å²) in [7, 11) is 0. The number of fused-ring (bicyclic) bond motifs is 1. The summed E-state index contributed by atoms with van der Waals surface area (Å²) in [6, 6.07) is 9.72. The Hall–Kier alpha value is -3.73. The van der Waals surface area contributed by atoms with Gasteiger partial charge in [0.15, 0.2) is 0 Å². The van der Waals surface area contributed by atoms with Gasteiger partial charge in [-0.15, -0.1) is 5.10 Å². The number of benzene rings is 2. The second kappa shape index (κ2) is 10.6. The van der Waals surface area contributed by atoms with Crippen LogP contribution in [0.25, 0.3) is 5.69 Å². The number of anilines is 2. The highest BCUT2D eigenvalue weighted by Crippen LogP contribution is 2.42. The molecular weight excluding hydrogens is 495 g/mol. The Kier molecular flexibility index (Phi) is 7.20. The lowest BCUT2D eigenvalue weighted by Gasteiger charge is -2.18. The van der Waals surface area contributed by atoms with E-state index in [1.54, 1.807) is 10.9 Å². The molecule has 1 aromatic heterocycles. The minimum Gasteiger partial charge on any atom is -0.384 e. The van der Waals surface area contributed by atoms with Crippen LogP contribution in [-0.2, 0) is 17.5 Å². The summed E-state index contributed by atoms with van der Waals surface area (Å²) >= 11 is 0. The molecule has 1 aliphatic heterocycles. The van der Waals surface area contributed by atoms with Gasteiger partial charge < -0.3 is 16.0 Å². The minimum absolute atomic E-state index is 0.0314. The monoisotopic (exact) mass is 525 g/mol. The van der Waals surface area contributed by atoms with Crippen molar-refractivity contribution >= 4 is 28.7 Å². The zero-order valence-corrected chi connectivity index (χ0v) is 21.3. The van der Waals surface area contributed by atoms with Crippen LogP contribution in [0.4, 0.5) is 30.2 Å². The maximum absolute atomic E-state index is 13.8. The van der Waals surface area contributed by atoms with Crippen LogP contribution >= 0.6 is 0 Å². The fourth-order valence-electron chi connectivity index (χ4n) is 4.31. The summed E-state index contributed by atoms with van der Waals surface area (Å²) in [6.45, 7) is 5.77. The highest BCUT2D eigenvalue weighted by Gasteiger charge is 2.35. The molecule has 2 aromatic carbocycles. The van der Waals surface area contributed by atoms with Crippen LogP contribution in [0, 0.1) is 11.8 Å². The fraction of sp³-hybridized carbons (Fsp3) is 0.407. The van der Waals surface area contributed by atoms with E-state index in [1.807, 2.05) is 38.1 Å². The first-order chi connectivity index (χ1) is 18.2. The number of carbonyl (C=O) groups excluding carboxylic acids is 1. The van der Waals surface area contributed by atoms with E-state index in [2.05, 4.69) is 31.3 Å². The molecule has 3 aromatic rings. The van der Waals surface area contributed by atoms with E-state index in [-0.39, 0.29) is 29.4 Å². The number of aromatic nitrogens is 3. The Morgan fingerprint density at radius 1 is 1.18 bits per heavy atom. The van der Waals surface area contributed by atoms with Crippen molar-refractivity contribution in [2.24, 2.45) is 16.8 Å². The van der Waals surface area contributed by atoms with Gasteiger partial charge >= 0.3 is 6.18 Å². The largest absolute Gasteiger partial charge is 0.418 e. The topological polar surface area (TPSA) is 96.2 Å². The number of hydrogen-bond acceptors (Lipinski definition) is 6. The molecule has 0 bridgehead atoms. The third-order valence-electron chi connectivity index (χ3n) is 6.48. The second-order valence-corrected chi connectivity index (χ2v) is 10.2. The van der Waals surface area contributed by atoms with Gasteiger partial charge in [-0.2, -0.15) is 13.2 Å². The molecule has 3 N–H and O–H groups in total. The lowest BCUT2D eigenvalue weighted by molar-refractivity contribution is -0.137. The van der Waals surface area contributed by atoms with Gasteiger partial charge in [0.05, 0.1) is 46.6 Å². The molecule has 200 valence electrons. The molecular formula is C27H30F3N7O. The van der Waals surface area contributed by atoms with Gasteiger partial charge in [0.25, 0.3) is 0 Å². The van der Waals surface area contributed by atoms with Crippen molar-refractivity contribution in [3.8, 4) is 5.69 Å². The first-order valence-corrected chi connectivity index (χ1v) is 12.7. The molecule has 0 spiro atoms. The van der Waals surface area contributed by atoms with Gasteiger partial charge in [-0.1, -0.05) is 31.2 Å². The summed E-state index contributed by atoms with van der Waals surface area (Å²) in [5, 5.41) is 17.2. The number of nitrogens with one attached hydrogen (secondary N) is 3. The molecule has 8 nitrogen and oxygen atoms in total. The maximum atomic E-state index is 13.8. The van der Waals surface area contributed by atoms with Gasteiger partial charge in [-0.25, -0.2) is 4.68 Å². The van der Waals surface area contributed by atoms with Crippen molar-refractivity contribution in [1.82, 2.24) is 20.3 Å². The summed E-state index contributed by atoms with van der Waals surface area (Å²) in [5.74, 6) is 0.454. The third-order valence-corrected chi connectivity index (χ3v) is 6.48. The van der Waals surface area contributed by atoms with Crippen molar-refractivity contribution in [3.05, 3.63) is 59.4 Å². The number of nitrogens with zero attached hydrogens (tertiary/aromatic N) is 4. The summed E-state index contributed by atoms with van der Waals surface area (Å²) in [4.78, 5) is 17.4. The van der Waals surface area contributed by atoms with E-state index in [4.69, 9.17) is 0 Å². The third kappa shape index (κ3) is 6.04. The number of alkyl halides is 3. The molecule has 0 atom stereocenters. The molecule has 2 aliphatic rings. The number of halogens is 3. The standard InChI is InChI=1S/C27H30F3N7O/c1-16(2)12-32-23-10-25-24(9-21(23)27(28,29)30)35-26(38)11-22(34-25)18-4-3-5-19(8-18)37-20(15-33-36-37)14-31-13-17-6-7-17/h3-5,8-10,15-17,31-32H,6-7,11-14H2,1-2H3,(H,35,38). The van der Waals surface area contributed by atoms with Crippen LogP contribution in [0.1, 0.15) is 49.9 Å². The van der Waals surface area contributed by atoms with E-state index < -0.39 is 17.6 Å². The summed E-state index contributed by atoms with van der Waals surface area (Å²) < 4.78 is 43.2. The Labute approximate surface area is 218 Å². The van der Waals surface area contributed by atoms with Crippen molar-refractivity contribution in [2.75, 3.05) is 23.7 Å². The SMILES string of the molecule is CC(C)CNc1cc2c(cc1C(F)(F)F)NC(=O)CC(c1cccc(-n3nncc3CNCC3CC3)c1)=N2. The minimum atomic E-state index is -4.59. The molecule has 2 heterocycles. The zero-order valence-electron chi connectivity index (χ0n) is 21.3. The lowest BCUT2D eigenvalue weighted by atomic mass is 10.1. The van der Waals surface area contributed by atoms with Crippen LogP contribution < -0.4 is 16.0 Å². The summed E-state index contributed by atoms with van der Waals surface area (Å²) in [5.41, 5.74) is 2.17. The van der Waals surface area contributed by atoms with Crippen LogP contribution in [0.3, 0.4) is 0 Å². The Balaban J connectivity index is 1.48. The lowest BCUT2D eigenvalue weighted by Crippen LogP contribution is -2.19. The average molecular weight is 526 g/mol. The normalized spacial score (nSPS) is 15.6. The molecule has 1 fully saturated rings. The van der Waals surface area contributed by atoms with Gasteiger partial charge in [0, 0.05) is 18.8 Å². The van der Waals surface area contributed by atoms with E-state index in [1.165, 1.54) is 18.9 Å². The molecule has 5 rings (SSSR count). The molecule has 0 radical (unpaired) electrons. The number of hydrogen-bond donors (Lipinski definition) is 3. The van der Waals surface area contributed by atoms with E-state index in [0.717, 1.165) is 29.9 Å². The van der Waals surface area contributed by atoms with Crippen molar-refractivity contribution in [2.45, 2.75) is 45.8 Å². The van der Waals surface area contributed by atoms with Crippen molar-refractivity contribution < 1.29 is 18.0 Å². The Morgan fingerprint density at radius 3 is 2.74 bits per heavy atom. The molecule has 1 aliphatic carbocycles. The molecule has 11 heteroatoms. The molecule has 0 unspecified atom stereocenters. The Morgan fingerprint density at radius 2 is 2.00 bits per heavy atom. The zero-order chi connectivity index (χ0) is 26.9. The Bertz CT molecular complexity index is 1360. The second-order valence-electron chi connectivity index (χ2n) is 10.2. The predicted molar refractivity (Wildman–Crippen MR) is 140 cm³/mol. The number of rotatable bonds is 9. The molecule has 38 heavy (non-hydrogen) atoms. The van der Waals surface area contributed by atoms with Crippen LogP contribution in [0.15, 0.2) is 47.6 Å². The highest BCUT2D eigenvalue weighted by molar-refractivity contribution is 6.17. The molecule has 1 saturated carbocycles. The molecule has 0 saturated heterocycles. The first-order valence-electron chi connectivity index (χ1n) is 12.7. The number of carbonyl (C=O) groups is 1. The van der Waals surface area contributed by atoms with Crippen molar-refractivity contribution in [1.29, 1.82) is 0 Å². The quantitative estimate of drug-likeness (QED) is 0.352. The number of aliphatic imine (C=N–C) groups is 1. The van der Waals surface area contributed by atoms with Gasteiger partial charge in [0.1, 0.15) is 0 Å².